The number of nitrogens with one attached hydrogen (secondary N) is 1. The van der Waals surface area contributed by atoms with Gasteiger partial charge in [0.15, 0.2) is 11.5 Å². The van der Waals surface area contributed by atoms with Crippen LogP contribution >= 0.6 is 11.6 Å². The Balaban J connectivity index is 1.76. The maximum absolute atomic E-state index is 12.3. The van der Waals surface area contributed by atoms with Gasteiger partial charge < -0.3 is 14.5 Å². The van der Waals surface area contributed by atoms with E-state index in [1.165, 1.54) is 25.1 Å². The van der Waals surface area contributed by atoms with Gasteiger partial charge >= 0.3 is 5.97 Å². The van der Waals surface area contributed by atoms with E-state index in [-0.39, 0.29) is 22.3 Å². The van der Waals surface area contributed by atoms with Gasteiger partial charge in [0.2, 0.25) is 5.76 Å². The van der Waals surface area contributed by atoms with E-state index in [0.29, 0.717) is 10.7 Å². The number of hydrogen-bond donors (Lipinski definition) is 1. The third-order valence-electron chi connectivity index (χ3n) is 3.85. The van der Waals surface area contributed by atoms with Crippen LogP contribution < -0.4 is 10.7 Å². The average Bonchev–Trinajstić information content (AvgIpc) is 2.68. The van der Waals surface area contributed by atoms with Crippen LogP contribution in [0.2, 0.25) is 5.02 Å². The summed E-state index contributed by atoms with van der Waals surface area (Å²) in [7, 11) is 0. The summed E-state index contributed by atoms with van der Waals surface area (Å²) in [5.74, 6) is -1.94. The fourth-order valence-electron chi connectivity index (χ4n) is 2.43. The van der Waals surface area contributed by atoms with Crippen molar-refractivity contribution in [1.29, 1.82) is 5.26 Å². The molecule has 1 heterocycles. The Morgan fingerprint density at radius 2 is 1.96 bits per heavy atom. The summed E-state index contributed by atoms with van der Waals surface area (Å²) in [5.41, 5.74) is 0.278. The fraction of sp³-hybridized carbons (Fsp3) is 0.100. The Morgan fingerprint density at radius 3 is 2.71 bits per heavy atom. The molecule has 1 aromatic heterocycles. The molecule has 0 bridgehead atoms. The van der Waals surface area contributed by atoms with Gasteiger partial charge in [-0.05, 0) is 37.3 Å². The minimum absolute atomic E-state index is 0.170. The first kappa shape index (κ1) is 19.1. The van der Waals surface area contributed by atoms with Gasteiger partial charge in [-0.15, -0.1) is 0 Å². The van der Waals surface area contributed by atoms with Crippen molar-refractivity contribution in [3.05, 3.63) is 75.1 Å². The number of nitrogens with zero attached hydrogens (tertiary/aromatic N) is 1. The van der Waals surface area contributed by atoms with Gasteiger partial charge in [-0.1, -0.05) is 23.7 Å². The molecule has 3 rings (SSSR count). The van der Waals surface area contributed by atoms with Crippen LogP contribution in [0.15, 0.2) is 57.7 Å². The quantitative estimate of drug-likeness (QED) is 0.676. The zero-order valence-corrected chi connectivity index (χ0v) is 15.3. The second-order valence-electron chi connectivity index (χ2n) is 5.81. The Morgan fingerprint density at radius 1 is 1.21 bits per heavy atom. The number of carbonyl (C=O) groups excluding carboxylic acids is 2. The number of halogens is 1. The second kappa shape index (κ2) is 7.94. The maximum atomic E-state index is 12.3. The molecule has 0 aliphatic carbocycles. The number of ether oxygens (including phenoxy) is 1. The first-order chi connectivity index (χ1) is 13.4. The van der Waals surface area contributed by atoms with Gasteiger partial charge in [0.25, 0.3) is 5.91 Å². The SMILES string of the molecule is C[C@H](OC(=O)c1cc(=O)c2cc(Cl)ccc2o1)C(=O)Nc1ccccc1C#N. The molecule has 0 fully saturated rings. The standard InChI is InChI=1S/C20H13ClN2O5/c1-11(19(25)23-15-5-3-2-4-12(15)10-22)27-20(26)18-9-16(24)14-8-13(21)6-7-17(14)28-18/h2-9,11H,1H3,(H,23,25)/t11-/m0/s1. The number of anilines is 1. The molecule has 3 aromatic rings. The number of nitriles is 1. The van der Waals surface area contributed by atoms with Crippen LogP contribution in [-0.2, 0) is 9.53 Å². The molecular weight excluding hydrogens is 384 g/mol. The normalized spacial score (nSPS) is 11.5. The summed E-state index contributed by atoms with van der Waals surface area (Å²) in [6.07, 6.45) is -1.19. The molecule has 2 aromatic carbocycles. The van der Waals surface area contributed by atoms with Gasteiger partial charge in [0.05, 0.1) is 16.6 Å². The molecule has 0 unspecified atom stereocenters. The lowest BCUT2D eigenvalue weighted by Crippen LogP contribution is -2.30. The molecule has 8 heteroatoms. The van der Waals surface area contributed by atoms with Crippen LogP contribution in [0.5, 0.6) is 0 Å². The highest BCUT2D eigenvalue weighted by molar-refractivity contribution is 6.31. The van der Waals surface area contributed by atoms with E-state index in [9.17, 15) is 14.4 Å². The first-order valence-electron chi connectivity index (χ1n) is 8.13. The summed E-state index contributed by atoms with van der Waals surface area (Å²) >= 11 is 5.85. The van der Waals surface area contributed by atoms with Crippen LogP contribution in [0.25, 0.3) is 11.0 Å². The van der Waals surface area contributed by atoms with Crippen LogP contribution in [0.4, 0.5) is 5.69 Å². The minimum Gasteiger partial charge on any atom is -0.449 e. The summed E-state index contributed by atoms with van der Waals surface area (Å²) in [5, 5.41) is 12.2. The third kappa shape index (κ3) is 4.03. The van der Waals surface area contributed by atoms with Gasteiger partial charge in [0.1, 0.15) is 11.7 Å². The molecule has 0 aliphatic rings. The predicted molar refractivity (Wildman–Crippen MR) is 102 cm³/mol. The molecule has 1 N–H and O–H groups in total. The van der Waals surface area contributed by atoms with Gasteiger partial charge in [0, 0.05) is 11.1 Å². The molecule has 7 nitrogen and oxygen atoms in total. The van der Waals surface area contributed by atoms with Crippen molar-refractivity contribution in [2.24, 2.45) is 0 Å². The Hall–Kier alpha value is -3.63. The van der Waals surface area contributed by atoms with Gasteiger partial charge in [-0.3, -0.25) is 9.59 Å². The van der Waals surface area contributed by atoms with Crippen LogP contribution in [-0.4, -0.2) is 18.0 Å². The molecular formula is C20H13ClN2O5. The Bertz CT molecular complexity index is 1180. The van der Waals surface area contributed by atoms with E-state index < -0.39 is 23.4 Å². The van der Waals surface area contributed by atoms with E-state index >= 15 is 0 Å². The van der Waals surface area contributed by atoms with Crippen molar-refractivity contribution in [3.8, 4) is 6.07 Å². The average molecular weight is 397 g/mol. The van der Waals surface area contributed by atoms with Crippen LogP contribution in [0, 0.1) is 11.3 Å². The summed E-state index contributed by atoms with van der Waals surface area (Å²) < 4.78 is 10.5. The minimum atomic E-state index is -1.19. The topological polar surface area (TPSA) is 109 Å². The number of rotatable bonds is 4. The lowest BCUT2D eigenvalue weighted by Gasteiger charge is -2.14. The van der Waals surface area contributed by atoms with E-state index in [2.05, 4.69) is 5.32 Å². The first-order valence-corrected chi connectivity index (χ1v) is 8.51. The monoisotopic (exact) mass is 396 g/mol. The zero-order chi connectivity index (χ0) is 20.3. The zero-order valence-electron chi connectivity index (χ0n) is 14.6. The van der Waals surface area contributed by atoms with E-state index in [1.54, 1.807) is 24.3 Å². The molecule has 0 aliphatic heterocycles. The molecule has 1 amide bonds. The lowest BCUT2D eigenvalue weighted by molar-refractivity contribution is -0.123. The van der Waals surface area contributed by atoms with Crippen molar-refractivity contribution in [1.82, 2.24) is 0 Å². The molecule has 0 spiro atoms. The number of amides is 1. The molecule has 28 heavy (non-hydrogen) atoms. The number of carbonyl (C=O) groups is 2. The van der Waals surface area contributed by atoms with Crippen LogP contribution in [0.3, 0.4) is 0 Å². The Labute approximate surface area is 164 Å². The molecule has 0 radical (unpaired) electrons. The van der Waals surface area contributed by atoms with Crippen molar-refractivity contribution in [3.63, 3.8) is 0 Å². The third-order valence-corrected chi connectivity index (χ3v) is 4.08. The van der Waals surface area contributed by atoms with Gasteiger partial charge in [-0.2, -0.15) is 5.26 Å². The maximum Gasteiger partial charge on any atom is 0.375 e. The number of benzene rings is 2. The number of para-hydroxylation sites is 1. The highest BCUT2D eigenvalue weighted by atomic mass is 35.5. The molecule has 140 valence electrons. The van der Waals surface area contributed by atoms with Crippen molar-refractivity contribution < 1.29 is 18.7 Å². The number of hydrogen-bond acceptors (Lipinski definition) is 6. The molecule has 0 saturated carbocycles. The smallest absolute Gasteiger partial charge is 0.375 e. The van der Waals surface area contributed by atoms with Crippen molar-refractivity contribution >= 4 is 40.1 Å². The highest BCUT2D eigenvalue weighted by Gasteiger charge is 2.22. The number of fused-ring (bicyclic) bond motifs is 1. The van der Waals surface area contributed by atoms with Gasteiger partial charge in [-0.25, -0.2) is 4.79 Å². The van der Waals surface area contributed by atoms with E-state index in [1.807, 2.05) is 6.07 Å². The van der Waals surface area contributed by atoms with E-state index in [4.69, 9.17) is 26.0 Å². The lowest BCUT2D eigenvalue weighted by atomic mass is 10.2. The van der Waals surface area contributed by atoms with E-state index in [0.717, 1.165) is 6.07 Å². The van der Waals surface area contributed by atoms with Crippen molar-refractivity contribution in [2.45, 2.75) is 13.0 Å². The summed E-state index contributed by atoms with van der Waals surface area (Å²) in [4.78, 5) is 36.7. The summed E-state index contributed by atoms with van der Waals surface area (Å²) in [6.45, 7) is 1.36. The summed E-state index contributed by atoms with van der Waals surface area (Å²) in [6, 6.07) is 13.8. The fourth-order valence-corrected chi connectivity index (χ4v) is 2.60. The van der Waals surface area contributed by atoms with Crippen LogP contribution in [0.1, 0.15) is 23.0 Å². The van der Waals surface area contributed by atoms with Crippen molar-refractivity contribution in [2.75, 3.05) is 5.32 Å². The largest absolute Gasteiger partial charge is 0.449 e. The predicted octanol–water partition coefficient (Wildman–Crippen LogP) is 3.50. The molecule has 1 atom stereocenters. The number of esters is 1. The Kier molecular flexibility index (Phi) is 5.43. The molecule has 0 saturated heterocycles. The highest BCUT2D eigenvalue weighted by Crippen LogP contribution is 2.19. The second-order valence-corrected chi connectivity index (χ2v) is 6.25.